The van der Waals surface area contributed by atoms with Gasteiger partial charge in [0, 0.05) is 5.69 Å². The van der Waals surface area contributed by atoms with Crippen molar-refractivity contribution < 1.29 is 17.9 Å². The summed E-state index contributed by atoms with van der Waals surface area (Å²) in [5, 5.41) is 0. The Balaban J connectivity index is 2.68. The topological polar surface area (TPSA) is 22.1 Å². The first-order chi connectivity index (χ1) is 7.42. The maximum atomic E-state index is 11.9. The first-order valence-electron chi connectivity index (χ1n) is 5.14. The van der Waals surface area contributed by atoms with Gasteiger partial charge in [-0.15, -0.1) is 13.2 Å². The smallest absolute Gasteiger partial charge is 0.404 e. The van der Waals surface area contributed by atoms with Crippen LogP contribution in [0.2, 0.25) is 0 Å². The Kier molecular flexibility index (Phi) is 4.15. The summed E-state index contributed by atoms with van der Waals surface area (Å²) in [5.41, 5.74) is 0.788. The number of nitrogens with zero attached hydrogens (tertiary/aromatic N) is 1. The lowest BCUT2D eigenvalue weighted by Crippen LogP contribution is -2.17. The molecule has 90 valence electrons. The predicted molar refractivity (Wildman–Crippen MR) is 54.2 cm³/mol. The lowest BCUT2D eigenvalue weighted by Gasteiger charge is -2.11. The fourth-order valence-electron chi connectivity index (χ4n) is 1.46. The van der Waals surface area contributed by atoms with Gasteiger partial charge < -0.3 is 4.74 Å². The van der Waals surface area contributed by atoms with Gasteiger partial charge in [-0.2, -0.15) is 0 Å². The second-order valence-corrected chi connectivity index (χ2v) is 3.66. The molecular formula is C11H14F3NO. The Morgan fingerprint density at radius 2 is 2.06 bits per heavy atom. The Hall–Kier alpha value is -1.26. The molecule has 1 heterocycles. The van der Waals surface area contributed by atoms with E-state index in [9.17, 15) is 13.2 Å². The minimum atomic E-state index is -4.65. The zero-order chi connectivity index (χ0) is 12.2. The highest BCUT2D eigenvalue weighted by Crippen LogP contribution is 2.24. The number of alkyl halides is 3. The molecule has 1 aromatic rings. The lowest BCUT2D eigenvalue weighted by atomic mass is 10.0. The summed E-state index contributed by atoms with van der Waals surface area (Å²) in [6.45, 7) is 4.05. The molecular weight excluding hydrogens is 219 g/mol. The van der Waals surface area contributed by atoms with Crippen molar-refractivity contribution in [2.45, 2.75) is 39.0 Å². The van der Waals surface area contributed by atoms with Gasteiger partial charge in [-0.05, 0) is 24.5 Å². The molecule has 0 aliphatic carbocycles. The van der Waals surface area contributed by atoms with Crippen molar-refractivity contribution in [1.82, 2.24) is 4.98 Å². The van der Waals surface area contributed by atoms with Crippen molar-refractivity contribution in [2.24, 2.45) is 0 Å². The van der Waals surface area contributed by atoms with Crippen LogP contribution in [-0.4, -0.2) is 11.3 Å². The van der Waals surface area contributed by atoms with E-state index >= 15 is 0 Å². The van der Waals surface area contributed by atoms with E-state index in [1.54, 1.807) is 6.07 Å². The van der Waals surface area contributed by atoms with Crippen LogP contribution in [0.1, 0.15) is 38.3 Å². The van der Waals surface area contributed by atoms with Gasteiger partial charge in [-0.3, -0.25) is 4.98 Å². The molecule has 0 spiro atoms. The van der Waals surface area contributed by atoms with E-state index in [0.29, 0.717) is 0 Å². The fraction of sp³-hybridized carbons (Fsp3) is 0.545. The van der Waals surface area contributed by atoms with Crippen LogP contribution >= 0.6 is 0 Å². The van der Waals surface area contributed by atoms with Gasteiger partial charge in [0.1, 0.15) is 5.75 Å². The highest BCUT2D eigenvalue weighted by Gasteiger charge is 2.31. The van der Waals surface area contributed by atoms with Crippen LogP contribution in [-0.2, 0) is 0 Å². The molecule has 0 aliphatic rings. The number of ether oxygens (including phenoxy) is 1. The zero-order valence-corrected chi connectivity index (χ0v) is 9.21. The van der Waals surface area contributed by atoms with Crippen LogP contribution in [0.15, 0.2) is 18.3 Å². The molecule has 0 aliphatic heterocycles. The zero-order valence-electron chi connectivity index (χ0n) is 9.21. The van der Waals surface area contributed by atoms with Crippen LogP contribution < -0.4 is 4.74 Å². The largest absolute Gasteiger partial charge is 0.573 e. The van der Waals surface area contributed by atoms with E-state index in [1.165, 1.54) is 6.07 Å². The summed E-state index contributed by atoms with van der Waals surface area (Å²) in [5.74, 6) is -0.0233. The number of hydrogen-bond donors (Lipinski definition) is 0. The molecule has 0 saturated carbocycles. The Morgan fingerprint density at radius 1 is 1.38 bits per heavy atom. The van der Waals surface area contributed by atoms with Crippen molar-refractivity contribution in [2.75, 3.05) is 0 Å². The van der Waals surface area contributed by atoms with Crippen molar-refractivity contribution >= 4 is 0 Å². The molecule has 0 bridgehead atoms. The van der Waals surface area contributed by atoms with E-state index < -0.39 is 6.36 Å². The maximum absolute atomic E-state index is 11.9. The van der Waals surface area contributed by atoms with Gasteiger partial charge in [0.05, 0.1) is 6.20 Å². The third-order valence-electron chi connectivity index (χ3n) is 2.22. The van der Waals surface area contributed by atoms with E-state index in [-0.39, 0.29) is 11.7 Å². The van der Waals surface area contributed by atoms with Crippen LogP contribution in [0.25, 0.3) is 0 Å². The Bertz CT molecular complexity index is 321. The van der Waals surface area contributed by atoms with Gasteiger partial charge in [0.15, 0.2) is 0 Å². The normalized spacial score (nSPS) is 13.6. The van der Waals surface area contributed by atoms with Crippen molar-refractivity contribution in [3.05, 3.63) is 24.0 Å². The van der Waals surface area contributed by atoms with E-state index in [1.807, 2.05) is 6.92 Å². The average molecular weight is 233 g/mol. The molecule has 0 amide bonds. The van der Waals surface area contributed by atoms with E-state index in [0.717, 1.165) is 24.7 Å². The minimum absolute atomic E-state index is 0.255. The highest BCUT2D eigenvalue weighted by atomic mass is 19.4. The molecule has 1 rings (SSSR count). The van der Waals surface area contributed by atoms with Crippen LogP contribution in [0.3, 0.4) is 0 Å². The molecule has 0 aromatic carbocycles. The predicted octanol–water partition coefficient (Wildman–Crippen LogP) is 3.88. The van der Waals surface area contributed by atoms with Crippen molar-refractivity contribution in [3.8, 4) is 5.75 Å². The Morgan fingerprint density at radius 3 is 2.50 bits per heavy atom. The molecule has 0 N–H and O–H groups in total. The standard InChI is InChI=1S/C11H14F3NO/c1-3-4-8(2)10-6-5-9(7-15-10)16-11(12,13)14/h5-8H,3-4H2,1-2H3. The lowest BCUT2D eigenvalue weighted by molar-refractivity contribution is -0.274. The summed E-state index contributed by atoms with van der Waals surface area (Å²) in [6.07, 6.45) is -1.57. The van der Waals surface area contributed by atoms with Crippen molar-refractivity contribution in [3.63, 3.8) is 0 Å². The van der Waals surface area contributed by atoms with Crippen molar-refractivity contribution in [1.29, 1.82) is 0 Å². The molecule has 0 fully saturated rings. The summed E-state index contributed by atoms with van der Waals surface area (Å²) >= 11 is 0. The molecule has 0 saturated heterocycles. The van der Waals surface area contributed by atoms with Gasteiger partial charge in [0.2, 0.25) is 0 Å². The minimum Gasteiger partial charge on any atom is -0.404 e. The van der Waals surface area contributed by atoms with E-state index in [2.05, 4.69) is 16.6 Å². The summed E-state index contributed by atoms with van der Waals surface area (Å²) < 4.78 is 39.3. The summed E-state index contributed by atoms with van der Waals surface area (Å²) in [7, 11) is 0. The average Bonchev–Trinajstić information content (AvgIpc) is 2.16. The first-order valence-corrected chi connectivity index (χ1v) is 5.14. The number of aromatic nitrogens is 1. The molecule has 5 heteroatoms. The third-order valence-corrected chi connectivity index (χ3v) is 2.22. The number of pyridine rings is 1. The SMILES string of the molecule is CCCC(C)c1ccc(OC(F)(F)F)cn1. The second-order valence-electron chi connectivity index (χ2n) is 3.66. The van der Waals surface area contributed by atoms with Gasteiger partial charge in [-0.1, -0.05) is 20.3 Å². The number of halogens is 3. The van der Waals surface area contributed by atoms with Crippen LogP contribution in [0.5, 0.6) is 5.75 Å². The second kappa shape index (κ2) is 5.18. The molecule has 1 aromatic heterocycles. The quantitative estimate of drug-likeness (QED) is 0.787. The molecule has 16 heavy (non-hydrogen) atoms. The third kappa shape index (κ3) is 4.08. The van der Waals surface area contributed by atoms with Crippen LogP contribution in [0.4, 0.5) is 13.2 Å². The molecule has 1 atom stereocenters. The van der Waals surface area contributed by atoms with Crippen LogP contribution in [0, 0.1) is 0 Å². The first kappa shape index (κ1) is 12.8. The maximum Gasteiger partial charge on any atom is 0.573 e. The number of hydrogen-bond acceptors (Lipinski definition) is 2. The highest BCUT2D eigenvalue weighted by molar-refractivity contribution is 5.21. The molecule has 0 radical (unpaired) electrons. The van der Waals surface area contributed by atoms with Gasteiger partial charge >= 0.3 is 6.36 Å². The molecule has 1 unspecified atom stereocenters. The number of rotatable bonds is 4. The summed E-state index contributed by atoms with van der Waals surface area (Å²) in [6, 6.07) is 2.86. The Labute approximate surface area is 92.5 Å². The monoisotopic (exact) mass is 233 g/mol. The summed E-state index contributed by atoms with van der Waals surface area (Å²) in [4.78, 5) is 3.96. The van der Waals surface area contributed by atoms with Gasteiger partial charge in [0.25, 0.3) is 0 Å². The fourth-order valence-corrected chi connectivity index (χ4v) is 1.46. The van der Waals surface area contributed by atoms with E-state index in [4.69, 9.17) is 0 Å². The van der Waals surface area contributed by atoms with Gasteiger partial charge in [-0.25, -0.2) is 0 Å². The molecule has 2 nitrogen and oxygen atoms in total.